The number of rotatable bonds is 8. The molecule has 3 N–H and O–H groups in total. The number of benzene rings is 2. The minimum absolute atomic E-state index is 0.0379. The van der Waals surface area contributed by atoms with Gasteiger partial charge in [0.25, 0.3) is 0 Å². The zero-order chi connectivity index (χ0) is 27.2. The Hall–Kier alpha value is -4.90. The second-order valence-electron chi connectivity index (χ2n) is 8.61. The molecule has 5 rings (SSSR count). The molecule has 1 fully saturated rings. The molecule has 2 aromatic carbocycles. The zero-order valence-electron chi connectivity index (χ0n) is 21.0. The largest absolute Gasteiger partial charge is 0.380 e. The minimum Gasteiger partial charge on any atom is -0.380 e. The van der Waals surface area contributed by atoms with Crippen LogP contribution in [0.2, 0.25) is 0 Å². The molecule has 0 bridgehead atoms. The van der Waals surface area contributed by atoms with Gasteiger partial charge in [-0.2, -0.15) is 0 Å². The number of aromatic nitrogens is 3. The van der Waals surface area contributed by atoms with Gasteiger partial charge in [-0.25, -0.2) is 23.8 Å². The van der Waals surface area contributed by atoms with Crippen molar-refractivity contribution >= 4 is 28.8 Å². The van der Waals surface area contributed by atoms with Gasteiger partial charge in [0.05, 0.1) is 24.6 Å². The van der Waals surface area contributed by atoms with E-state index < -0.39 is 5.82 Å². The molecule has 39 heavy (non-hydrogen) atoms. The number of anilines is 4. The molecule has 198 valence electrons. The van der Waals surface area contributed by atoms with Crippen LogP contribution in [-0.2, 0) is 4.74 Å². The molecule has 0 amide bonds. The summed E-state index contributed by atoms with van der Waals surface area (Å²) < 4.78 is 33.4. The first-order chi connectivity index (χ1) is 19.0. The normalized spacial score (nSPS) is 13.7. The lowest BCUT2D eigenvalue weighted by molar-refractivity contribution is 0.122. The Morgan fingerprint density at radius 3 is 2.51 bits per heavy atom. The lowest BCUT2D eigenvalue weighted by atomic mass is 10.1. The molecule has 1 aliphatic heterocycles. The van der Waals surface area contributed by atoms with Crippen LogP contribution in [0.5, 0.6) is 0 Å². The summed E-state index contributed by atoms with van der Waals surface area (Å²) in [6.45, 7) is 6.41. The van der Waals surface area contributed by atoms with Crippen molar-refractivity contribution in [2.24, 2.45) is 10.8 Å². The molecular weight excluding hydrogens is 502 g/mol. The molecule has 0 saturated carbocycles. The number of halogens is 2. The fourth-order valence-electron chi connectivity index (χ4n) is 4.05. The number of nitrogens with zero attached hydrogens (tertiary/aromatic N) is 6. The first kappa shape index (κ1) is 25.7. The van der Waals surface area contributed by atoms with E-state index in [-0.39, 0.29) is 17.3 Å². The van der Waals surface area contributed by atoms with E-state index in [4.69, 9.17) is 10.5 Å². The van der Waals surface area contributed by atoms with Gasteiger partial charge in [-0.15, -0.1) is 5.10 Å². The minimum atomic E-state index is -0.458. The molecule has 3 heterocycles. The van der Waals surface area contributed by atoms with Crippen molar-refractivity contribution < 1.29 is 13.5 Å². The maximum Gasteiger partial charge on any atom is 0.227 e. The van der Waals surface area contributed by atoms with Crippen LogP contribution in [0.25, 0.3) is 11.3 Å². The number of hydrogen-bond acceptors (Lipinski definition) is 8. The standard InChI is InChI=1S/C28H26F2N8O/c1-2-38(36-27(31)26-18-20(29)7-9-32-26)23-5-3-22(4-6-23)34-28-33-10-8-25(35-28)19-15-21(30)17-24(16-19)37-11-13-39-14-12-37/h2-10,15-18H,1,11-14H2,(H2,31,36)(H,33,34,35). The van der Waals surface area contributed by atoms with E-state index in [0.717, 1.165) is 11.4 Å². The van der Waals surface area contributed by atoms with E-state index in [2.05, 4.69) is 36.8 Å². The summed E-state index contributed by atoms with van der Waals surface area (Å²) in [5, 5.41) is 8.90. The molecule has 1 aliphatic rings. The summed E-state index contributed by atoms with van der Waals surface area (Å²) >= 11 is 0. The Kier molecular flexibility index (Phi) is 7.69. The predicted octanol–water partition coefficient (Wildman–Crippen LogP) is 4.67. The maximum atomic E-state index is 14.5. The highest BCUT2D eigenvalue weighted by Crippen LogP contribution is 2.27. The summed E-state index contributed by atoms with van der Waals surface area (Å²) in [6, 6.07) is 16.3. The molecule has 0 radical (unpaired) electrons. The van der Waals surface area contributed by atoms with Gasteiger partial charge in [0.15, 0.2) is 5.84 Å². The first-order valence-electron chi connectivity index (χ1n) is 12.2. The van der Waals surface area contributed by atoms with Crippen molar-refractivity contribution in [1.29, 1.82) is 0 Å². The van der Waals surface area contributed by atoms with Gasteiger partial charge in [-0.1, -0.05) is 6.58 Å². The van der Waals surface area contributed by atoms with Crippen LogP contribution in [0.4, 0.5) is 31.8 Å². The Labute approximate surface area is 224 Å². The summed E-state index contributed by atoms with van der Waals surface area (Å²) in [5.74, 6) is -0.394. The van der Waals surface area contributed by atoms with E-state index >= 15 is 0 Å². The van der Waals surface area contributed by atoms with Gasteiger partial charge in [0.2, 0.25) is 5.95 Å². The molecule has 1 saturated heterocycles. The molecule has 11 heteroatoms. The van der Waals surface area contributed by atoms with Crippen LogP contribution in [0.3, 0.4) is 0 Å². The highest BCUT2D eigenvalue weighted by molar-refractivity contribution is 5.96. The smallest absolute Gasteiger partial charge is 0.227 e. The number of morpholine rings is 1. The molecule has 2 aromatic heterocycles. The summed E-state index contributed by atoms with van der Waals surface area (Å²) in [5.41, 5.74) is 9.64. The Morgan fingerprint density at radius 1 is 1.00 bits per heavy atom. The first-order valence-corrected chi connectivity index (χ1v) is 12.2. The molecule has 9 nitrogen and oxygen atoms in total. The average molecular weight is 529 g/mol. The zero-order valence-corrected chi connectivity index (χ0v) is 21.0. The SMILES string of the molecule is C=CN(/N=C(\N)c1cc(F)ccn1)c1ccc(Nc2nccc(-c3cc(F)cc(N4CCOCC4)c3)n2)cc1. The Bertz CT molecular complexity index is 1490. The van der Waals surface area contributed by atoms with Crippen molar-refractivity contribution in [2.45, 2.75) is 0 Å². The van der Waals surface area contributed by atoms with E-state index in [1.807, 2.05) is 18.2 Å². The van der Waals surface area contributed by atoms with Gasteiger partial charge < -0.3 is 20.7 Å². The summed E-state index contributed by atoms with van der Waals surface area (Å²) in [7, 11) is 0. The molecule has 0 aliphatic carbocycles. The second-order valence-corrected chi connectivity index (χ2v) is 8.61. The summed E-state index contributed by atoms with van der Waals surface area (Å²) in [6.07, 6.45) is 4.42. The average Bonchev–Trinajstić information content (AvgIpc) is 2.96. The number of amidine groups is 1. The van der Waals surface area contributed by atoms with Crippen molar-refractivity contribution in [1.82, 2.24) is 15.0 Å². The van der Waals surface area contributed by atoms with Crippen LogP contribution in [0.15, 0.2) is 90.9 Å². The van der Waals surface area contributed by atoms with Crippen molar-refractivity contribution in [2.75, 3.05) is 41.5 Å². The maximum absolute atomic E-state index is 14.5. The van der Waals surface area contributed by atoms with Crippen molar-refractivity contribution in [3.8, 4) is 11.3 Å². The monoisotopic (exact) mass is 528 g/mol. The van der Waals surface area contributed by atoms with Gasteiger partial charge in [-0.3, -0.25) is 4.98 Å². The predicted molar refractivity (Wildman–Crippen MR) is 148 cm³/mol. The third-order valence-electron chi connectivity index (χ3n) is 5.97. The van der Waals surface area contributed by atoms with E-state index in [0.29, 0.717) is 49.2 Å². The molecule has 0 unspecified atom stereocenters. The highest BCUT2D eigenvalue weighted by Gasteiger charge is 2.14. The Morgan fingerprint density at radius 2 is 1.77 bits per heavy atom. The quantitative estimate of drug-likeness (QED) is 0.193. The van der Waals surface area contributed by atoms with Gasteiger partial charge in [-0.05, 0) is 54.6 Å². The third kappa shape index (κ3) is 6.33. The summed E-state index contributed by atoms with van der Waals surface area (Å²) in [4.78, 5) is 15.0. The molecule has 0 spiro atoms. The molecular formula is C28H26F2N8O. The number of pyridine rings is 1. The van der Waals surface area contributed by atoms with Gasteiger partial charge in [0, 0.05) is 54.7 Å². The van der Waals surface area contributed by atoms with E-state index in [1.165, 1.54) is 41.7 Å². The lowest BCUT2D eigenvalue weighted by Crippen LogP contribution is -2.36. The van der Waals surface area contributed by atoms with Crippen LogP contribution in [-0.4, -0.2) is 47.1 Å². The Balaban J connectivity index is 1.32. The molecule has 0 atom stereocenters. The lowest BCUT2D eigenvalue weighted by Gasteiger charge is -2.29. The molecule has 4 aromatic rings. The van der Waals surface area contributed by atoms with Crippen molar-refractivity contribution in [3.05, 3.63) is 103 Å². The van der Waals surface area contributed by atoms with Crippen molar-refractivity contribution in [3.63, 3.8) is 0 Å². The topological polar surface area (TPSA) is 105 Å². The van der Waals surface area contributed by atoms with Crippen LogP contribution in [0.1, 0.15) is 5.69 Å². The fourth-order valence-corrected chi connectivity index (χ4v) is 4.05. The van der Waals surface area contributed by atoms with Crippen LogP contribution < -0.4 is 21.0 Å². The number of hydrogen-bond donors (Lipinski definition) is 2. The van der Waals surface area contributed by atoms with Gasteiger partial charge >= 0.3 is 0 Å². The number of hydrazone groups is 1. The number of nitrogens with one attached hydrogen (secondary N) is 1. The van der Waals surface area contributed by atoms with Crippen LogP contribution >= 0.6 is 0 Å². The van der Waals surface area contributed by atoms with Gasteiger partial charge in [0.1, 0.15) is 17.3 Å². The highest BCUT2D eigenvalue weighted by atomic mass is 19.1. The number of ether oxygens (including phenoxy) is 1. The van der Waals surface area contributed by atoms with Crippen LogP contribution in [0, 0.1) is 11.6 Å². The fraction of sp³-hybridized carbons (Fsp3) is 0.143. The second kappa shape index (κ2) is 11.7. The number of nitrogens with two attached hydrogens (primary N) is 1. The van der Waals surface area contributed by atoms with E-state index in [9.17, 15) is 8.78 Å². The van der Waals surface area contributed by atoms with E-state index in [1.54, 1.807) is 24.4 Å². The third-order valence-corrected chi connectivity index (χ3v) is 5.97.